The molecule has 0 aromatic carbocycles. The number of hydroxylamine groups is 2. The Labute approximate surface area is 229 Å². The molecular weight excluding hydrogens is 567 g/mol. The zero-order valence-electron chi connectivity index (χ0n) is 22.0. The van der Waals surface area contributed by atoms with E-state index in [-0.39, 0.29) is 65.6 Å². The Kier molecular flexibility index (Phi) is 16.8. The van der Waals surface area contributed by atoms with Gasteiger partial charge in [0.2, 0.25) is 5.91 Å². The van der Waals surface area contributed by atoms with E-state index in [1.165, 1.54) is 0 Å². The van der Waals surface area contributed by atoms with E-state index >= 15 is 0 Å². The lowest BCUT2D eigenvalue weighted by Crippen LogP contribution is -2.33. The number of hydrogen-bond acceptors (Lipinski definition) is 15. The number of carbonyl (C=O) groups is 6. The third-order valence-corrected chi connectivity index (χ3v) is 5.29. The molecule has 1 aliphatic rings. The Bertz CT molecular complexity index is 912. The summed E-state index contributed by atoms with van der Waals surface area (Å²) in [4.78, 5) is 82.2. The molecule has 1 aliphatic heterocycles. The highest BCUT2D eigenvalue weighted by molar-refractivity contribution is 7.47. The lowest BCUT2D eigenvalue weighted by molar-refractivity contribution is -0.200. The topological polar surface area (TPSA) is 229 Å². The predicted octanol–water partition coefficient (Wildman–Crippen LogP) is -1.61. The Morgan fingerprint density at radius 3 is 2.08 bits per heavy atom. The van der Waals surface area contributed by atoms with Crippen LogP contribution in [0.25, 0.3) is 0 Å². The van der Waals surface area contributed by atoms with Gasteiger partial charge in [0, 0.05) is 33.2 Å². The van der Waals surface area contributed by atoms with Crippen LogP contribution in [0.2, 0.25) is 0 Å². The first kappa shape index (κ1) is 35.0. The molecule has 40 heavy (non-hydrogen) atoms. The molecule has 228 valence electrons. The summed E-state index contributed by atoms with van der Waals surface area (Å²) in [6, 6.07) is 0. The number of hydrogen-bond donors (Lipinski definition) is 2. The largest absolute Gasteiger partial charge is 0.472 e. The van der Waals surface area contributed by atoms with Gasteiger partial charge in [0.1, 0.15) is 19.8 Å². The van der Waals surface area contributed by atoms with Crippen molar-refractivity contribution in [3.63, 3.8) is 0 Å². The third-order valence-electron chi connectivity index (χ3n) is 4.30. The highest BCUT2D eigenvalue weighted by atomic mass is 31.2. The molecule has 2 N–H and O–H groups in total. The molecule has 18 nitrogen and oxygen atoms in total. The van der Waals surface area contributed by atoms with Crippen LogP contribution < -0.4 is 5.32 Å². The Hall–Kier alpha value is -2.99. The zero-order valence-corrected chi connectivity index (χ0v) is 22.9. The number of nitrogens with zero attached hydrogens (tertiary/aromatic N) is 1. The van der Waals surface area contributed by atoms with Crippen molar-refractivity contribution in [1.82, 2.24) is 10.4 Å². The monoisotopic (exact) mass is 600 g/mol. The Balaban J connectivity index is 2.03. The van der Waals surface area contributed by atoms with Crippen LogP contribution in [0.5, 0.6) is 0 Å². The van der Waals surface area contributed by atoms with Gasteiger partial charge in [0.15, 0.2) is 6.10 Å². The van der Waals surface area contributed by atoms with Gasteiger partial charge < -0.3 is 38.7 Å². The second-order valence-corrected chi connectivity index (χ2v) is 9.20. The molecule has 0 bridgehead atoms. The number of rotatable bonds is 21. The van der Waals surface area contributed by atoms with Crippen LogP contribution in [0.15, 0.2) is 0 Å². The van der Waals surface area contributed by atoms with Crippen molar-refractivity contribution in [3.8, 4) is 0 Å². The van der Waals surface area contributed by atoms with E-state index in [0.29, 0.717) is 5.06 Å². The zero-order chi connectivity index (χ0) is 30.0. The first-order valence-electron chi connectivity index (χ1n) is 11.9. The highest BCUT2D eigenvalue weighted by Gasteiger charge is 2.32. The molecule has 0 aromatic heterocycles. The van der Waals surface area contributed by atoms with E-state index < -0.39 is 62.8 Å². The summed E-state index contributed by atoms with van der Waals surface area (Å²) in [5.74, 6) is -3.98. The van der Waals surface area contributed by atoms with Gasteiger partial charge in [-0.3, -0.25) is 33.0 Å². The fourth-order valence-electron chi connectivity index (χ4n) is 2.62. The van der Waals surface area contributed by atoms with Gasteiger partial charge >= 0.3 is 25.7 Å². The van der Waals surface area contributed by atoms with Gasteiger partial charge in [-0.1, -0.05) is 0 Å². The van der Waals surface area contributed by atoms with Gasteiger partial charge in [-0.05, 0) is 0 Å². The normalized spacial score (nSPS) is 15.3. The number of phosphoric acid groups is 1. The Morgan fingerprint density at radius 1 is 0.875 bits per heavy atom. The van der Waals surface area contributed by atoms with Gasteiger partial charge in [0.25, 0.3) is 11.8 Å². The van der Waals surface area contributed by atoms with Gasteiger partial charge in [-0.25, -0.2) is 9.36 Å². The summed E-state index contributed by atoms with van der Waals surface area (Å²) in [7, 11) is -4.55. The summed E-state index contributed by atoms with van der Waals surface area (Å²) in [5.41, 5.74) is 0. The maximum absolute atomic E-state index is 11.9. The predicted molar refractivity (Wildman–Crippen MR) is 127 cm³/mol. The molecule has 1 saturated heterocycles. The van der Waals surface area contributed by atoms with E-state index in [0.717, 1.165) is 13.8 Å². The van der Waals surface area contributed by atoms with E-state index in [1.807, 2.05) is 0 Å². The second-order valence-electron chi connectivity index (χ2n) is 7.74. The summed E-state index contributed by atoms with van der Waals surface area (Å²) in [6.45, 7) is 0.212. The van der Waals surface area contributed by atoms with E-state index in [9.17, 15) is 38.2 Å². The molecule has 2 atom stereocenters. The summed E-state index contributed by atoms with van der Waals surface area (Å²) in [6.07, 6.45) is -1.14. The SMILES string of the molecule is CC(=O)OCC(COP(=O)(O)OCCNC(=O)COCCOCCOCC(=O)ON1C(=O)CCC1=O)OC(C)=O. The van der Waals surface area contributed by atoms with Crippen LogP contribution in [0.1, 0.15) is 26.7 Å². The number of amides is 3. The second kappa shape index (κ2) is 19.1. The number of carbonyl (C=O) groups excluding carboxylic acids is 6. The minimum Gasteiger partial charge on any atom is -0.462 e. The van der Waals surface area contributed by atoms with Gasteiger partial charge in [0.05, 0.1) is 39.6 Å². The molecule has 0 radical (unpaired) electrons. The summed E-state index contributed by atoms with van der Waals surface area (Å²) >= 11 is 0. The minimum absolute atomic E-state index is 0.00882. The lowest BCUT2D eigenvalue weighted by Gasteiger charge is -2.18. The van der Waals surface area contributed by atoms with Crippen LogP contribution in [-0.2, 0) is 70.9 Å². The molecule has 3 amide bonds. The minimum atomic E-state index is -4.55. The van der Waals surface area contributed by atoms with Crippen LogP contribution in [0.4, 0.5) is 0 Å². The first-order chi connectivity index (χ1) is 18.9. The molecule has 1 heterocycles. The van der Waals surface area contributed by atoms with Gasteiger partial charge in [-0.2, -0.15) is 0 Å². The molecule has 19 heteroatoms. The molecular formula is C21H33N2O16P. The fraction of sp³-hybridized carbons (Fsp3) is 0.714. The van der Waals surface area contributed by atoms with Crippen molar-refractivity contribution < 1.29 is 75.8 Å². The van der Waals surface area contributed by atoms with Crippen LogP contribution in [0.3, 0.4) is 0 Å². The molecule has 2 unspecified atom stereocenters. The van der Waals surface area contributed by atoms with E-state index in [1.54, 1.807) is 0 Å². The number of nitrogens with one attached hydrogen (secondary N) is 1. The van der Waals surface area contributed by atoms with Crippen LogP contribution in [0, 0.1) is 0 Å². The molecule has 0 saturated carbocycles. The quantitative estimate of drug-likeness (QED) is 0.0653. The molecule has 1 rings (SSSR count). The number of imide groups is 1. The number of esters is 2. The van der Waals surface area contributed by atoms with Crippen molar-refractivity contribution in [2.24, 2.45) is 0 Å². The van der Waals surface area contributed by atoms with Gasteiger partial charge in [-0.15, -0.1) is 5.06 Å². The van der Waals surface area contributed by atoms with Crippen molar-refractivity contribution in [2.45, 2.75) is 32.8 Å². The summed E-state index contributed by atoms with van der Waals surface area (Å²) < 4.78 is 46.1. The van der Waals surface area contributed by atoms with Crippen molar-refractivity contribution in [1.29, 1.82) is 0 Å². The van der Waals surface area contributed by atoms with Crippen LogP contribution >= 0.6 is 7.82 Å². The lowest BCUT2D eigenvalue weighted by atomic mass is 10.4. The van der Waals surface area contributed by atoms with E-state index in [4.69, 9.17) is 28.0 Å². The van der Waals surface area contributed by atoms with Crippen molar-refractivity contribution in [3.05, 3.63) is 0 Å². The average molecular weight is 600 g/mol. The van der Waals surface area contributed by atoms with Crippen molar-refractivity contribution in [2.75, 3.05) is 66.0 Å². The molecule has 0 spiro atoms. The maximum Gasteiger partial charge on any atom is 0.472 e. The summed E-state index contributed by atoms with van der Waals surface area (Å²) in [5, 5.41) is 2.81. The number of phosphoric ester groups is 1. The van der Waals surface area contributed by atoms with Crippen molar-refractivity contribution >= 4 is 43.5 Å². The average Bonchev–Trinajstić information content (AvgIpc) is 3.19. The first-order valence-corrected chi connectivity index (χ1v) is 13.4. The molecule has 0 aromatic rings. The third kappa shape index (κ3) is 16.9. The van der Waals surface area contributed by atoms with Crippen LogP contribution in [-0.4, -0.2) is 118 Å². The van der Waals surface area contributed by atoms with E-state index in [2.05, 4.69) is 14.9 Å². The fourth-order valence-corrected chi connectivity index (χ4v) is 3.37. The molecule has 0 aliphatic carbocycles. The smallest absolute Gasteiger partial charge is 0.462 e. The Morgan fingerprint density at radius 2 is 1.48 bits per heavy atom. The standard InChI is InChI=1S/C21H33N2O16P/c1-15(24)35-11-17(38-16(2)25)12-37-40(30,31)36-6-5-22-18(26)13-33-9-7-32-8-10-34-14-21(29)39-23-19(27)3-4-20(23)28/h17H,3-14H2,1-2H3,(H,22,26)(H,30,31). The maximum atomic E-state index is 11.9. The molecule has 1 fully saturated rings. The highest BCUT2D eigenvalue weighted by Crippen LogP contribution is 2.43. The number of ether oxygens (including phenoxy) is 5.